The summed E-state index contributed by atoms with van der Waals surface area (Å²) in [4.78, 5) is 4.62. The molecule has 0 N–H and O–H groups in total. The summed E-state index contributed by atoms with van der Waals surface area (Å²) in [5.74, 6) is 1.16. The first-order valence-electron chi connectivity index (χ1n) is 9.53. The number of sulfonamides is 1. The van der Waals surface area contributed by atoms with Crippen molar-refractivity contribution in [2.45, 2.75) is 30.6 Å². The second kappa shape index (κ2) is 6.29. The number of oxazole rings is 1. The predicted molar refractivity (Wildman–Crippen MR) is 106 cm³/mol. The van der Waals surface area contributed by atoms with E-state index in [2.05, 4.69) is 29.2 Å². The molecule has 1 aliphatic carbocycles. The fourth-order valence-corrected chi connectivity index (χ4v) is 6.19. The molecule has 144 valence electrons. The molecule has 1 spiro atoms. The Kier molecular flexibility index (Phi) is 3.96. The Hall–Kier alpha value is -2.44. The standard InChI is InChI=1S/C22H22N2O3S/c1-16-23-21(13-27-16)18-7-9-20(10-8-18)28(25,26)24-14-22(15-24)11-19(12-22)17-5-3-2-4-6-17/h2-10,13,19H,11-12,14-15H2,1H3. The SMILES string of the molecule is Cc1nc(-c2ccc(S(=O)(=O)N3CC4(CC(c5ccccc5)C4)C3)cc2)co1. The van der Waals surface area contributed by atoms with Gasteiger partial charge in [0, 0.05) is 25.6 Å². The minimum absolute atomic E-state index is 0.172. The summed E-state index contributed by atoms with van der Waals surface area (Å²) in [6, 6.07) is 17.4. The number of aromatic nitrogens is 1. The molecule has 2 aromatic carbocycles. The molecule has 28 heavy (non-hydrogen) atoms. The fourth-order valence-electron chi connectivity index (χ4n) is 4.52. The third kappa shape index (κ3) is 2.88. The van der Waals surface area contributed by atoms with Crippen molar-refractivity contribution in [3.63, 3.8) is 0 Å². The van der Waals surface area contributed by atoms with E-state index in [0.29, 0.717) is 35.5 Å². The number of benzene rings is 2. The van der Waals surface area contributed by atoms with Crippen molar-refractivity contribution in [1.29, 1.82) is 0 Å². The molecule has 5 rings (SSSR count). The van der Waals surface area contributed by atoms with E-state index >= 15 is 0 Å². The molecule has 1 saturated carbocycles. The van der Waals surface area contributed by atoms with Crippen LogP contribution in [0.3, 0.4) is 0 Å². The molecule has 0 bridgehead atoms. The largest absolute Gasteiger partial charge is 0.449 e. The lowest BCUT2D eigenvalue weighted by Crippen LogP contribution is -2.62. The molecule has 3 aromatic rings. The van der Waals surface area contributed by atoms with Gasteiger partial charge >= 0.3 is 0 Å². The summed E-state index contributed by atoms with van der Waals surface area (Å²) in [6.45, 7) is 3.04. The monoisotopic (exact) mass is 394 g/mol. The molecule has 0 amide bonds. The Balaban J connectivity index is 1.25. The van der Waals surface area contributed by atoms with Gasteiger partial charge in [-0.2, -0.15) is 4.31 Å². The molecule has 6 heteroatoms. The molecular formula is C22H22N2O3S. The Morgan fingerprint density at radius 1 is 1.04 bits per heavy atom. The average Bonchev–Trinajstić information content (AvgIpc) is 3.07. The van der Waals surface area contributed by atoms with Crippen LogP contribution in [0.25, 0.3) is 11.3 Å². The first kappa shape index (κ1) is 17.6. The summed E-state index contributed by atoms with van der Waals surface area (Å²) in [6.07, 6.45) is 3.73. The Bertz CT molecular complexity index is 1090. The second-order valence-electron chi connectivity index (χ2n) is 8.07. The quantitative estimate of drug-likeness (QED) is 0.665. The highest BCUT2D eigenvalue weighted by molar-refractivity contribution is 7.89. The summed E-state index contributed by atoms with van der Waals surface area (Å²) < 4.78 is 32.7. The van der Waals surface area contributed by atoms with E-state index in [9.17, 15) is 8.42 Å². The molecular weight excluding hydrogens is 372 g/mol. The first-order chi connectivity index (χ1) is 13.5. The zero-order valence-electron chi connectivity index (χ0n) is 15.7. The molecule has 0 unspecified atom stereocenters. The molecule has 2 heterocycles. The van der Waals surface area contributed by atoms with Crippen LogP contribution < -0.4 is 0 Å². The summed E-state index contributed by atoms with van der Waals surface area (Å²) >= 11 is 0. The van der Waals surface area contributed by atoms with Gasteiger partial charge in [0.15, 0.2) is 5.89 Å². The van der Waals surface area contributed by atoms with E-state index in [1.54, 1.807) is 41.8 Å². The molecule has 1 aromatic heterocycles. The van der Waals surface area contributed by atoms with E-state index in [1.165, 1.54) is 5.56 Å². The van der Waals surface area contributed by atoms with Crippen molar-refractivity contribution in [1.82, 2.24) is 9.29 Å². The zero-order chi connectivity index (χ0) is 19.4. The molecule has 0 radical (unpaired) electrons. The second-order valence-corrected chi connectivity index (χ2v) is 10.0. The first-order valence-corrected chi connectivity index (χ1v) is 11.0. The van der Waals surface area contributed by atoms with Gasteiger partial charge in [-0.15, -0.1) is 0 Å². The van der Waals surface area contributed by atoms with E-state index in [0.717, 1.165) is 18.4 Å². The summed E-state index contributed by atoms with van der Waals surface area (Å²) in [5.41, 5.74) is 3.10. The lowest BCUT2D eigenvalue weighted by molar-refractivity contribution is -0.0255. The van der Waals surface area contributed by atoms with E-state index in [-0.39, 0.29) is 5.41 Å². The zero-order valence-corrected chi connectivity index (χ0v) is 16.5. The highest BCUT2D eigenvalue weighted by atomic mass is 32.2. The van der Waals surface area contributed by atoms with E-state index < -0.39 is 10.0 Å². The van der Waals surface area contributed by atoms with Crippen molar-refractivity contribution >= 4 is 10.0 Å². The third-order valence-corrected chi connectivity index (χ3v) is 7.87. The molecule has 0 atom stereocenters. The van der Waals surface area contributed by atoms with Gasteiger partial charge < -0.3 is 4.42 Å². The van der Waals surface area contributed by atoms with Crippen LogP contribution in [0.1, 0.15) is 30.2 Å². The van der Waals surface area contributed by atoms with Gasteiger partial charge in [-0.05, 0) is 41.9 Å². The molecule has 2 aliphatic rings. The van der Waals surface area contributed by atoms with Crippen LogP contribution >= 0.6 is 0 Å². The van der Waals surface area contributed by atoms with Crippen molar-refractivity contribution in [3.8, 4) is 11.3 Å². The van der Waals surface area contributed by atoms with Crippen LogP contribution in [0.2, 0.25) is 0 Å². The van der Waals surface area contributed by atoms with Crippen LogP contribution in [0, 0.1) is 12.3 Å². The maximum absolute atomic E-state index is 12.9. The van der Waals surface area contributed by atoms with Crippen molar-refractivity contribution in [2.24, 2.45) is 5.41 Å². The van der Waals surface area contributed by atoms with Crippen LogP contribution in [-0.2, 0) is 10.0 Å². The Morgan fingerprint density at radius 3 is 2.32 bits per heavy atom. The van der Waals surface area contributed by atoms with Crippen LogP contribution in [0.4, 0.5) is 0 Å². The number of aryl methyl sites for hydroxylation is 1. The van der Waals surface area contributed by atoms with Crippen LogP contribution in [-0.4, -0.2) is 30.8 Å². The predicted octanol–water partition coefficient (Wildman–Crippen LogP) is 4.22. The van der Waals surface area contributed by atoms with E-state index in [1.807, 2.05) is 6.07 Å². The third-order valence-electron chi connectivity index (χ3n) is 6.06. The maximum atomic E-state index is 12.9. The van der Waals surface area contributed by atoms with Crippen LogP contribution in [0.15, 0.2) is 70.2 Å². The molecule has 2 fully saturated rings. The molecule has 5 nitrogen and oxygen atoms in total. The van der Waals surface area contributed by atoms with Crippen molar-refractivity contribution < 1.29 is 12.8 Å². The van der Waals surface area contributed by atoms with Crippen molar-refractivity contribution in [3.05, 3.63) is 72.3 Å². The van der Waals surface area contributed by atoms with Gasteiger partial charge in [-0.3, -0.25) is 0 Å². The van der Waals surface area contributed by atoms with Gasteiger partial charge in [-0.1, -0.05) is 42.5 Å². The Morgan fingerprint density at radius 2 is 1.71 bits per heavy atom. The van der Waals surface area contributed by atoms with Gasteiger partial charge in [-0.25, -0.2) is 13.4 Å². The highest BCUT2D eigenvalue weighted by Gasteiger charge is 2.55. The number of hydrogen-bond acceptors (Lipinski definition) is 4. The summed E-state index contributed by atoms with van der Waals surface area (Å²) in [5, 5.41) is 0. The van der Waals surface area contributed by atoms with Gasteiger partial charge in [0.05, 0.1) is 4.90 Å². The Labute approximate surface area is 165 Å². The average molecular weight is 394 g/mol. The van der Waals surface area contributed by atoms with E-state index in [4.69, 9.17) is 4.42 Å². The summed E-state index contributed by atoms with van der Waals surface area (Å²) in [7, 11) is -3.44. The molecule has 1 saturated heterocycles. The smallest absolute Gasteiger partial charge is 0.243 e. The van der Waals surface area contributed by atoms with Crippen molar-refractivity contribution in [2.75, 3.05) is 13.1 Å². The number of hydrogen-bond donors (Lipinski definition) is 0. The van der Waals surface area contributed by atoms with Gasteiger partial charge in [0.25, 0.3) is 0 Å². The fraction of sp³-hybridized carbons (Fsp3) is 0.318. The maximum Gasteiger partial charge on any atom is 0.243 e. The van der Waals surface area contributed by atoms with Gasteiger partial charge in [0.1, 0.15) is 12.0 Å². The van der Waals surface area contributed by atoms with Gasteiger partial charge in [0.2, 0.25) is 10.0 Å². The lowest BCUT2D eigenvalue weighted by Gasteiger charge is -2.58. The normalized spacial score (nSPS) is 19.3. The highest BCUT2D eigenvalue weighted by Crippen LogP contribution is 2.56. The van der Waals surface area contributed by atoms with Crippen LogP contribution in [0.5, 0.6) is 0 Å². The number of rotatable bonds is 4. The number of nitrogens with zero attached hydrogens (tertiary/aromatic N) is 2. The minimum Gasteiger partial charge on any atom is -0.449 e. The lowest BCUT2D eigenvalue weighted by atomic mass is 9.57. The topological polar surface area (TPSA) is 63.4 Å². The molecule has 1 aliphatic heterocycles. The minimum atomic E-state index is -3.44.